The van der Waals surface area contributed by atoms with Gasteiger partial charge >= 0.3 is 0 Å². The van der Waals surface area contributed by atoms with Crippen LogP contribution in [-0.2, 0) is 4.79 Å². The summed E-state index contributed by atoms with van der Waals surface area (Å²) in [5.74, 6) is 1.89. The maximum atomic E-state index is 12.6. The maximum Gasteiger partial charge on any atom is 0.249 e. The van der Waals surface area contributed by atoms with Crippen molar-refractivity contribution in [2.45, 2.75) is 33.2 Å². The highest BCUT2D eigenvalue weighted by atomic mass is 16.5. The fourth-order valence-electron chi connectivity index (χ4n) is 2.99. The Kier molecular flexibility index (Phi) is 7.96. The summed E-state index contributed by atoms with van der Waals surface area (Å²) < 4.78 is 16.5. The summed E-state index contributed by atoms with van der Waals surface area (Å²) in [6, 6.07) is 8.71. The molecule has 1 N–H and O–H groups in total. The third-order valence-corrected chi connectivity index (χ3v) is 4.69. The number of aromatic nitrogens is 3. The lowest BCUT2D eigenvalue weighted by atomic mass is 10.0. The Bertz CT molecular complexity index is 1050. The first-order valence-corrected chi connectivity index (χ1v) is 10.5. The van der Waals surface area contributed by atoms with Gasteiger partial charge in [-0.15, -0.1) is 0 Å². The Morgan fingerprint density at radius 3 is 2.66 bits per heavy atom. The smallest absolute Gasteiger partial charge is 0.249 e. The molecule has 2 aromatic heterocycles. The van der Waals surface area contributed by atoms with E-state index in [0.29, 0.717) is 29.8 Å². The summed E-state index contributed by atoms with van der Waals surface area (Å²) in [5, 5.41) is 6.98. The van der Waals surface area contributed by atoms with E-state index >= 15 is 0 Å². The maximum absolute atomic E-state index is 12.6. The van der Waals surface area contributed by atoms with E-state index in [1.54, 1.807) is 37.7 Å². The standard InChI is InChI=1S/C24H28N4O4/c1-5-14-31-19-8-6-17(15-20(19)30-4)7-9-21(29)26-22(16(2)3)24-27-23(28-32-24)18-10-12-25-13-11-18/h6-13,15-16,22H,5,14H2,1-4H3,(H,26,29)/b9-7+. The van der Waals surface area contributed by atoms with E-state index < -0.39 is 6.04 Å². The SMILES string of the molecule is CCCOc1ccc(/C=C/C(=O)NC(c2nc(-c3ccncc3)no2)C(C)C)cc1OC. The molecule has 0 fully saturated rings. The van der Waals surface area contributed by atoms with Crippen LogP contribution in [0.1, 0.15) is 44.7 Å². The number of hydrogen-bond donors (Lipinski definition) is 1. The number of benzene rings is 1. The molecular weight excluding hydrogens is 408 g/mol. The highest BCUT2D eigenvalue weighted by Crippen LogP contribution is 2.29. The second kappa shape index (κ2) is 11.1. The lowest BCUT2D eigenvalue weighted by Gasteiger charge is -2.17. The predicted molar refractivity (Wildman–Crippen MR) is 121 cm³/mol. The van der Waals surface area contributed by atoms with Gasteiger partial charge in [0.15, 0.2) is 11.5 Å². The first-order valence-electron chi connectivity index (χ1n) is 10.5. The Hall–Kier alpha value is -3.68. The van der Waals surface area contributed by atoms with Crippen molar-refractivity contribution < 1.29 is 18.8 Å². The summed E-state index contributed by atoms with van der Waals surface area (Å²) in [5.41, 5.74) is 1.61. The number of amides is 1. The van der Waals surface area contributed by atoms with Gasteiger partial charge in [0.2, 0.25) is 17.6 Å². The van der Waals surface area contributed by atoms with Crippen molar-refractivity contribution in [3.05, 3.63) is 60.3 Å². The van der Waals surface area contributed by atoms with Crippen molar-refractivity contribution in [1.82, 2.24) is 20.4 Å². The zero-order valence-electron chi connectivity index (χ0n) is 18.7. The fraction of sp³-hybridized carbons (Fsp3) is 0.333. The number of nitrogens with zero attached hydrogens (tertiary/aromatic N) is 3. The Balaban J connectivity index is 1.69. The second-order valence-corrected chi connectivity index (χ2v) is 7.51. The number of carbonyl (C=O) groups is 1. The van der Waals surface area contributed by atoms with Gasteiger partial charge in [-0.2, -0.15) is 4.98 Å². The van der Waals surface area contributed by atoms with Gasteiger partial charge in [-0.3, -0.25) is 9.78 Å². The van der Waals surface area contributed by atoms with E-state index in [4.69, 9.17) is 14.0 Å². The van der Waals surface area contributed by atoms with Crippen molar-refractivity contribution in [1.29, 1.82) is 0 Å². The largest absolute Gasteiger partial charge is 0.493 e. The predicted octanol–water partition coefficient (Wildman–Crippen LogP) is 4.46. The van der Waals surface area contributed by atoms with Gasteiger partial charge in [-0.25, -0.2) is 0 Å². The molecule has 0 bridgehead atoms. The van der Waals surface area contributed by atoms with Crippen molar-refractivity contribution in [2.75, 3.05) is 13.7 Å². The van der Waals surface area contributed by atoms with E-state index in [-0.39, 0.29) is 11.8 Å². The lowest BCUT2D eigenvalue weighted by molar-refractivity contribution is -0.117. The molecule has 0 radical (unpaired) electrons. The summed E-state index contributed by atoms with van der Waals surface area (Å²) in [6.45, 7) is 6.61. The molecule has 0 aliphatic heterocycles. The normalized spacial score (nSPS) is 12.2. The molecule has 0 saturated heterocycles. The first-order chi connectivity index (χ1) is 15.5. The van der Waals surface area contributed by atoms with Gasteiger partial charge in [0, 0.05) is 24.0 Å². The molecule has 8 nitrogen and oxygen atoms in total. The van der Waals surface area contributed by atoms with Gasteiger partial charge in [-0.05, 0) is 48.2 Å². The van der Waals surface area contributed by atoms with Crippen LogP contribution in [0.5, 0.6) is 11.5 Å². The number of methoxy groups -OCH3 is 1. The number of rotatable bonds is 10. The van der Waals surface area contributed by atoms with Crippen LogP contribution in [0, 0.1) is 5.92 Å². The molecule has 0 spiro atoms. The van der Waals surface area contributed by atoms with E-state index in [1.807, 2.05) is 39.0 Å². The van der Waals surface area contributed by atoms with Gasteiger partial charge in [0.25, 0.3) is 0 Å². The van der Waals surface area contributed by atoms with Crippen molar-refractivity contribution in [2.24, 2.45) is 5.92 Å². The minimum absolute atomic E-state index is 0.0492. The van der Waals surface area contributed by atoms with Gasteiger partial charge in [-0.1, -0.05) is 32.0 Å². The molecule has 1 unspecified atom stereocenters. The zero-order chi connectivity index (χ0) is 22.9. The Morgan fingerprint density at radius 2 is 1.97 bits per heavy atom. The van der Waals surface area contributed by atoms with Crippen molar-refractivity contribution >= 4 is 12.0 Å². The minimum atomic E-state index is -0.422. The van der Waals surface area contributed by atoms with Gasteiger partial charge < -0.3 is 19.3 Å². The van der Waals surface area contributed by atoms with Crippen LogP contribution in [0.3, 0.4) is 0 Å². The molecule has 32 heavy (non-hydrogen) atoms. The molecule has 3 rings (SSSR count). The summed E-state index contributed by atoms with van der Waals surface area (Å²) in [7, 11) is 1.59. The van der Waals surface area contributed by atoms with E-state index in [9.17, 15) is 4.79 Å². The molecule has 168 valence electrons. The van der Waals surface area contributed by atoms with E-state index in [0.717, 1.165) is 17.5 Å². The number of carbonyl (C=O) groups excluding carboxylic acids is 1. The molecule has 0 aliphatic rings. The molecule has 1 atom stereocenters. The highest BCUT2D eigenvalue weighted by Gasteiger charge is 2.24. The number of nitrogens with one attached hydrogen (secondary N) is 1. The molecule has 2 heterocycles. The number of hydrogen-bond acceptors (Lipinski definition) is 7. The third-order valence-electron chi connectivity index (χ3n) is 4.69. The minimum Gasteiger partial charge on any atom is -0.493 e. The van der Waals surface area contributed by atoms with E-state index in [1.165, 1.54) is 6.08 Å². The van der Waals surface area contributed by atoms with Crippen LogP contribution < -0.4 is 14.8 Å². The first kappa shape index (κ1) is 23.0. The molecule has 0 saturated carbocycles. The Morgan fingerprint density at radius 1 is 1.19 bits per heavy atom. The zero-order valence-corrected chi connectivity index (χ0v) is 18.7. The quantitative estimate of drug-likeness (QED) is 0.469. The van der Waals surface area contributed by atoms with Crippen LogP contribution in [0.4, 0.5) is 0 Å². The monoisotopic (exact) mass is 436 g/mol. The van der Waals surface area contributed by atoms with Crippen LogP contribution in [-0.4, -0.2) is 34.7 Å². The second-order valence-electron chi connectivity index (χ2n) is 7.51. The summed E-state index contributed by atoms with van der Waals surface area (Å²) in [6.07, 6.45) is 7.42. The number of ether oxygens (including phenoxy) is 2. The molecule has 1 aromatic carbocycles. The molecular formula is C24H28N4O4. The fourth-order valence-corrected chi connectivity index (χ4v) is 2.99. The topological polar surface area (TPSA) is 99.4 Å². The molecule has 8 heteroatoms. The highest BCUT2D eigenvalue weighted by molar-refractivity contribution is 5.92. The Labute approximate surface area is 187 Å². The van der Waals surface area contributed by atoms with Gasteiger partial charge in [0.05, 0.1) is 13.7 Å². The van der Waals surface area contributed by atoms with Crippen LogP contribution in [0.15, 0.2) is 53.3 Å². The van der Waals surface area contributed by atoms with Crippen LogP contribution in [0.2, 0.25) is 0 Å². The average molecular weight is 437 g/mol. The average Bonchev–Trinajstić information content (AvgIpc) is 3.30. The van der Waals surface area contributed by atoms with Gasteiger partial charge in [0.1, 0.15) is 6.04 Å². The third kappa shape index (κ3) is 5.94. The van der Waals surface area contributed by atoms with Crippen molar-refractivity contribution in [3.63, 3.8) is 0 Å². The van der Waals surface area contributed by atoms with Crippen molar-refractivity contribution in [3.8, 4) is 22.9 Å². The van der Waals surface area contributed by atoms with Crippen LogP contribution >= 0.6 is 0 Å². The summed E-state index contributed by atoms with van der Waals surface area (Å²) >= 11 is 0. The van der Waals surface area contributed by atoms with Crippen LogP contribution in [0.25, 0.3) is 17.5 Å². The molecule has 3 aromatic rings. The van der Waals surface area contributed by atoms with E-state index in [2.05, 4.69) is 20.4 Å². The summed E-state index contributed by atoms with van der Waals surface area (Å²) in [4.78, 5) is 21.0. The number of pyridine rings is 1. The molecule has 1 amide bonds. The lowest BCUT2D eigenvalue weighted by Crippen LogP contribution is -2.30. The molecule has 0 aliphatic carbocycles.